The van der Waals surface area contributed by atoms with Crippen molar-refractivity contribution in [1.29, 1.82) is 0 Å². The Balaban J connectivity index is 2.76. The van der Waals surface area contributed by atoms with E-state index in [2.05, 4.69) is 0 Å². The lowest BCUT2D eigenvalue weighted by atomic mass is 9.79. The highest BCUT2D eigenvalue weighted by Gasteiger charge is 2.57. The van der Waals surface area contributed by atoms with E-state index in [1.165, 1.54) is 0 Å². The van der Waals surface area contributed by atoms with Crippen LogP contribution in [0.15, 0.2) is 0 Å². The highest BCUT2D eigenvalue weighted by Crippen LogP contribution is 2.38. The zero-order valence-corrected chi connectivity index (χ0v) is 6.77. The Kier molecular flexibility index (Phi) is 1.83. The van der Waals surface area contributed by atoms with Crippen molar-refractivity contribution in [1.82, 2.24) is 0 Å². The van der Waals surface area contributed by atoms with Crippen molar-refractivity contribution in [2.75, 3.05) is 0 Å². The van der Waals surface area contributed by atoms with E-state index in [0.717, 1.165) is 0 Å². The van der Waals surface area contributed by atoms with Crippen LogP contribution in [0.5, 0.6) is 0 Å². The van der Waals surface area contributed by atoms with Crippen molar-refractivity contribution >= 4 is 11.9 Å². The fourth-order valence-corrected chi connectivity index (χ4v) is 1.38. The Morgan fingerprint density at radius 2 is 1.75 bits per heavy atom. The van der Waals surface area contributed by atoms with Crippen LogP contribution in [0.1, 0.15) is 13.8 Å². The average Bonchev–Trinajstić information content (AvgIpc) is 1.81. The van der Waals surface area contributed by atoms with Crippen LogP contribution in [-0.4, -0.2) is 33.9 Å². The summed E-state index contributed by atoms with van der Waals surface area (Å²) in [5.74, 6) is -3.30. The molecule has 1 heterocycles. The number of carboxylic acids is 2. The van der Waals surface area contributed by atoms with Crippen LogP contribution in [0, 0.1) is 5.92 Å². The second kappa shape index (κ2) is 2.45. The summed E-state index contributed by atoms with van der Waals surface area (Å²) < 4.78 is 4.88. The van der Waals surface area contributed by atoms with Gasteiger partial charge in [-0.3, -0.25) is 4.79 Å². The number of ether oxygens (including phenoxy) is 1. The molecule has 0 unspecified atom stereocenters. The summed E-state index contributed by atoms with van der Waals surface area (Å²) in [6.07, 6.45) is -1.20. The number of aliphatic carboxylic acids is 2. The molecule has 2 N–H and O–H groups in total. The van der Waals surface area contributed by atoms with Crippen molar-refractivity contribution in [3.05, 3.63) is 0 Å². The highest BCUT2D eigenvalue weighted by atomic mass is 16.6. The van der Waals surface area contributed by atoms with E-state index in [9.17, 15) is 9.59 Å². The number of hydrogen-bond donors (Lipinski definition) is 2. The topological polar surface area (TPSA) is 83.8 Å². The molecule has 0 spiro atoms. The van der Waals surface area contributed by atoms with Gasteiger partial charge in [0.15, 0.2) is 6.10 Å². The van der Waals surface area contributed by atoms with Crippen LogP contribution in [0.4, 0.5) is 0 Å². The normalized spacial score (nSPS) is 32.2. The third-order valence-electron chi connectivity index (χ3n) is 1.99. The Morgan fingerprint density at radius 3 is 1.92 bits per heavy atom. The van der Waals surface area contributed by atoms with E-state index >= 15 is 0 Å². The number of rotatable bonds is 2. The van der Waals surface area contributed by atoms with Gasteiger partial charge in [-0.25, -0.2) is 4.79 Å². The molecule has 0 bridgehead atoms. The van der Waals surface area contributed by atoms with Gasteiger partial charge in [0.25, 0.3) is 0 Å². The molecule has 1 aliphatic heterocycles. The summed E-state index contributed by atoms with van der Waals surface area (Å²) >= 11 is 0. The fourth-order valence-electron chi connectivity index (χ4n) is 1.38. The SMILES string of the molecule is CC1(C)O[C@@H](C(=O)O)[C@H]1C(=O)O. The first-order valence-corrected chi connectivity index (χ1v) is 3.49. The van der Waals surface area contributed by atoms with E-state index in [4.69, 9.17) is 14.9 Å². The van der Waals surface area contributed by atoms with Gasteiger partial charge in [0, 0.05) is 0 Å². The number of carbonyl (C=O) groups is 2. The Morgan fingerprint density at radius 1 is 1.25 bits per heavy atom. The Bertz CT molecular complexity index is 232. The standard InChI is InChI=1S/C7H10O5/c1-7(2)3(5(8)9)4(12-7)6(10)11/h3-4H,1-2H3,(H,8,9)(H,10,11)/t3-,4+/m0/s1. The van der Waals surface area contributed by atoms with Gasteiger partial charge in [-0.2, -0.15) is 0 Å². The van der Waals surface area contributed by atoms with Crippen molar-refractivity contribution in [2.24, 2.45) is 5.92 Å². The Hall–Kier alpha value is -1.10. The van der Waals surface area contributed by atoms with E-state index in [1.807, 2.05) is 0 Å². The molecule has 1 aliphatic rings. The predicted molar refractivity (Wildman–Crippen MR) is 37.7 cm³/mol. The maximum absolute atomic E-state index is 10.6. The van der Waals surface area contributed by atoms with Crippen molar-refractivity contribution in [2.45, 2.75) is 25.6 Å². The number of carboxylic acid groups (broad SMARTS) is 2. The first-order chi connectivity index (χ1) is 5.36. The fraction of sp³-hybridized carbons (Fsp3) is 0.714. The van der Waals surface area contributed by atoms with Crippen LogP contribution in [0.2, 0.25) is 0 Å². The highest BCUT2D eigenvalue weighted by molar-refractivity contribution is 5.84. The molecule has 0 radical (unpaired) electrons. The monoisotopic (exact) mass is 174 g/mol. The van der Waals surface area contributed by atoms with Gasteiger partial charge in [0.05, 0.1) is 5.60 Å². The average molecular weight is 174 g/mol. The zero-order valence-electron chi connectivity index (χ0n) is 6.77. The van der Waals surface area contributed by atoms with E-state index in [-0.39, 0.29) is 0 Å². The van der Waals surface area contributed by atoms with E-state index in [1.54, 1.807) is 13.8 Å². The van der Waals surface area contributed by atoms with Crippen LogP contribution >= 0.6 is 0 Å². The van der Waals surface area contributed by atoms with Gasteiger partial charge in [-0.15, -0.1) is 0 Å². The van der Waals surface area contributed by atoms with Crippen LogP contribution < -0.4 is 0 Å². The Labute approximate surface area is 68.9 Å². The van der Waals surface area contributed by atoms with Crippen LogP contribution in [0.3, 0.4) is 0 Å². The molecule has 68 valence electrons. The van der Waals surface area contributed by atoms with Crippen molar-refractivity contribution < 1.29 is 24.5 Å². The van der Waals surface area contributed by atoms with E-state index < -0.39 is 29.6 Å². The van der Waals surface area contributed by atoms with Gasteiger partial charge in [0.2, 0.25) is 0 Å². The molecular formula is C7H10O5. The lowest BCUT2D eigenvalue weighted by Crippen LogP contribution is -2.62. The molecule has 1 saturated heterocycles. The molecule has 0 saturated carbocycles. The van der Waals surface area contributed by atoms with Gasteiger partial charge < -0.3 is 14.9 Å². The summed E-state index contributed by atoms with van der Waals surface area (Å²) in [5, 5.41) is 17.1. The quantitative estimate of drug-likeness (QED) is 0.613. The lowest BCUT2D eigenvalue weighted by Gasteiger charge is -2.46. The summed E-state index contributed by atoms with van der Waals surface area (Å²) in [5.41, 5.74) is -0.866. The first-order valence-electron chi connectivity index (χ1n) is 3.49. The largest absolute Gasteiger partial charge is 0.481 e. The smallest absolute Gasteiger partial charge is 0.333 e. The minimum absolute atomic E-state index is 0.866. The molecule has 0 aromatic heterocycles. The molecule has 2 atom stereocenters. The van der Waals surface area contributed by atoms with Gasteiger partial charge in [-0.05, 0) is 13.8 Å². The van der Waals surface area contributed by atoms with Gasteiger partial charge >= 0.3 is 11.9 Å². The molecule has 1 rings (SSSR count). The van der Waals surface area contributed by atoms with Crippen molar-refractivity contribution in [3.8, 4) is 0 Å². The van der Waals surface area contributed by atoms with Crippen LogP contribution in [0.25, 0.3) is 0 Å². The van der Waals surface area contributed by atoms with Crippen LogP contribution in [-0.2, 0) is 14.3 Å². The minimum atomic E-state index is -1.22. The van der Waals surface area contributed by atoms with Gasteiger partial charge in [-0.1, -0.05) is 0 Å². The molecule has 5 nitrogen and oxygen atoms in total. The summed E-state index contributed by atoms with van der Waals surface area (Å²) in [4.78, 5) is 21.0. The van der Waals surface area contributed by atoms with Crippen molar-refractivity contribution in [3.63, 3.8) is 0 Å². The molecule has 5 heteroatoms. The third-order valence-corrected chi connectivity index (χ3v) is 1.99. The van der Waals surface area contributed by atoms with E-state index in [0.29, 0.717) is 0 Å². The maximum Gasteiger partial charge on any atom is 0.333 e. The molecule has 1 fully saturated rings. The molecule has 0 aliphatic carbocycles. The lowest BCUT2D eigenvalue weighted by molar-refractivity contribution is -0.247. The second-order valence-electron chi connectivity index (χ2n) is 3.30. The maximum atomic E-state index is 10.6. The molecule has 12 heavy (non-hydrogen) atoms. The molecule has 0 aromatic carbocycles. The molecular weight excluding hydrogens is 164 g/mol. The molecule has 0 amide bonds. The third kappa shape index (κ3) is 1.16. The second-order valence-corrected chi connectivity index (χ2v) is 3.30. The minimum Gasteiger partial charge on any atom is -0.481 e. The predicted octanol–water partition coefficient (Wildman–Crippen LogP) is -0.0508. The summed E-state index contributed by atoms with van der Waals surface area (Å²) in [6.45, 7) is 3.12. The zero-order chi connectivity index (χ0) is 9.52. The number of hydrogen-bond acceptors (Lipinski definition) is 3. The molecule has 0 aromatic rings. The van der Waals surface area contributed by atoms with Gasteiger partial charge in [0.1, 0.15) is 5.92 Å². The summed E-state index contributed by atoms with van der Waals surface area (Å²) in [7, 11) is 0. The first kappa shape index (κ1) is 8.99. The summed E-state index contributed by atoms with van der Waals surface area (Å²) in [6, 6.07) is 0.